The van der Waals surface area contributed by atoms with Gasteiger partial charge in [-0.1, -0.05) is 263 Å². The van der Waals surface area contributed by atoms with Gasteiger partial charge in [0.1, 0.15) is 36.6 Å². The maximum Gasteiger partial charge on any atom is 0.249 e. The third-order valence-corrected chi connectivity index (χ3v) is 15.5. The molecule has 0 spiro atoms. The molecule has 1 aliphatic rings. The molecule has 0 saturated carbocycles. The largest absolute Gasteiger partial charge is 0.394 e. The Balaban J connectivity index is 2.06. The van der Waals surface area contributed by atoms with Crippen LogP contribution in [0.25, 0.3) is 0 Å². The SMILES string of the molecule is CCCCCC/C=C/CCCC(O)C(O)C(COC1OC(CO)C(O)C(O)C1O)NC(=O)C(O)CCCCCCCCCCCCCCCCCC/C=C\CCCCCCCCCCCCCCCCCCCC. The van der Waals surface area contributed by atoms with Gasteiger partial charge in [0.25, 0.3) is 0 Å². The molecule has 1 amide bonds. The average molecular weight is 1050 g/mol. The first-order chi connectivity index (χ1) is 36.2. The Morgan fingerprint density at radius 3 is 1.18 bits per heavy atom. The van der Waals surface area contributed by atoms with Crippen molar-refractivity contribution in [1.82, 2.24) is 5.32 Å². The molecule has 74 heavy (non-hydrogen) atoms. The molecule has 1 aliphatic heterocycles. The molecule has 1 rings (SSSR count). The summed E-state index contributed by atoms with van der Waals surface area (Å²) in [5.41, 5.74) is 0. The molecular weight excluding hydrogens is 931 g/mol. The maximum atomic E-state index is 13.1. The second-order valence-electron chi connectivity index (χ2n) is 22.5. The molecule has 0 aromatic rings. The van der Waals surface area contributed by atoms with E-state index in [4.69, 9.17) is 9.47 Å². The molecule has 1 saturated heterocycles. The summed E-state index contributed by atoms with van der Waals surface area (Å²) in [4.78, 5) is 13.1. The molecule has 9 atom stereocenters. The molecule has 1 heterocycles. The molecule has 0 aromatic carbocycles. The highest BCUT2D eigenvalue weighted by molar-refractivity contribution is 5.80. The summed E-state index contributed by atoms with van der Waals surface area (Å²) in [6, 6.07) is -1.18. The molecule has 9 unspecified atom stereocenters. The van der Waals surface area contributed by atoms with Gasteiger partial charge in [-0.2, -0.15) is 0 Å². The van der Waals surface area contributed by atoms with E-state index in [1.54, 1.807) is 0 Å². The van der Waals surface area contributed by atoms with E-state index >= 15 is 0 Å². The van der Waals surface area contributed by atoms with Crippen LogP contribution in [-0.4, -0.2) is 110 Å². The fourth-order valence-corrected chi connectivity index (χ4v) is 10.3. The van der Waals surface area contributed by atoms with Crippen molar-refractivity contribution < 1.29 is 50.0 Å². The number of ether oxygens (including phenoxy) is 2. The van der Waals surface area contributed by atoms with Crippen LogP contribution < -0.4 is 5.32 Å². The number of aliphatic hydroxyl groups is 7. The van der Waals surface area contributed by atoms with Crippen molar-refractivity contribution in [3.63, 3.8) is 0 Å². The van der Waals surface area contributed by atoms with Crippen LogP contribution >= 0.6 is 0 Å². The fraction of sp³-hybridized carbons (Fsp3) is 0.921. The first kappa shape index (κ1) is 70.6. The molecule has 8 N–H and O–H groups in total. The Bertz CT molecular complexity index is 1250. The standard InChI is InChI=1S/C63H121NO10/c1-3-5-7-9-11-13-14-15-16-17-18-19-20-21-22-23-24-25-26-27-28-29-30-31-32-33-34-35-36-37-38-39-40-41-43-45-47-49-51-56(67)62(72)64-54(53-73-63-61(71)60(70)59(69)57(52-65)74-63)58(68)55(66)50-48-46-44-42-12-10-8-6-4-2/h27-28,42,44,54-61,63,65-71H,3-26,29-41,43,45-53H2,1-2H3,(H,64,72)/b28-27-,44-42+. The quantitative estimate of drug-likeness (QED) is 0.0215. The molecule has 1 fully saturated rings. The predicted octanol–water partition coefficient (Wildman–Crippen LogP) is 14.1. The van der Waals surface area contributed by atoms with Gasteiger partial charge in [0.05, 0.1) is 25.4 Å². The van der Waals surface area contributed by atoms with Gasteiger partial charge in [-0.25, -0.2) is 0 Å². The second kappa shape index (κ2) is 52.3. The summed E-state index contributed by atoms with van der Waals surface area (Å²) in [5, 5.41) is 75.8. The van der Waals surface area contributed by atoms with Crippen molar-refractivity contribution in [2.24, 2.45) is 0 Å². The molecule has 438 valence electrons. The van der Waals surface area contributed by atoms with Crippen LogP contribution in [-0.2, 0) is 14.3 Å². The normalized spacial score (nSPS) is 19.9. The zero-order chi connectivity index (χ0) is 54.0. The van der Waals surface area contributed by atoms with Crippen molar-refractivity contribution in [2.75, 3.05) is 13.2 Å². The summed E-state index contributed by atoms with van der Waals surface area (Å²) in [5.74, 6) is -0.705. The average Bonchev–Trinajstić information content (AvgIpc) is 3.40. The molecule has 11 nitrogen and oxygen atoms in total. The molecule has 0 aromatic heterocycles. The minimum atomic E-state index is -1.67. The van der Waals surface area contributed by atoms with Crippen LogP contribution in [0.1, 0.15) is 303 Å². The number of carbonyl (C=O) groups excluding carboxylic acids is 1. The third kappa shape index (κ3) is 39.9. The Kier molecular flexibility index (Phi) is 49.9. The van der Waals surface area contributed by atoms with E-state index in [0.29, 0.717) is 12.8 Å². The van der Waals surface area contributed by atoms with Crippen LogP contribution in [0.3, 0.4) is 0 Å². The van der Waals surface area contributed by atoms with Gasteiger partial charge in [-0.15, -0.1) is 0 Å². The lowest BCUT2D eigenvalue weighted by atomic mass is 9.98. The van der Waals surface area contributed by atoms with Crippen molar-refractivity contribution in [3.8, 4) is 0 Å². The Morgan fingerprint density at radius 2 is 0.797 bits per heavy atom. The third-order valence-electron chi connectivity index (χ3n) is 15.5. The van der Waals surface area contributed by atoms with Gasteiger partial charge in [-0.3, -0.25) is 4.79 Å². The summed E-state index contributed by atoms with van der Waals surface area (Å²) >= 11 is 0. The monoisotopic (exact) mass is 1050 g/mol. The number of carbonyl (C=O) groups is 1. The van der Waals surface area contributed by atoms with Gasteiger partial charge < -0.3 is 50.5 Å². The van der Waals surface area contributed by atoms with E-state index in [1.165, 1.54) is 225 Å². The van der Waals surface area contributed by atoms with E-state index in [0.717, 1.165) is 38.5 Å². The predicted molar refractivity (Wildman–Crippen MR) is 307 cm³/mol. The van der Waals surface area contributed by atoms with Crippen LogP contribution in [0, 0.1) is 0 Å². The molecular formula is C63H121NO10. The van der Waals surface area contributed by atoms with E-state index in [1.807, 2.05) is 0 Å². The van der Waals surface area contributed by atoms with Crippen molar-refractivity contribution in [2.45, 2.75) is 358 Å². The highest BCUT2D eigenvalue weighted by atomic mass is 16.7. The lowest BCUT2D eigenvalue weighted by Crippen LogP contribution is -2.60. The van der Waals surface area contributed by atoms with Crippen molar-refractivity contribution in [3.05, 3.63) is 24.3 Å². The van der Waals surface area contributed by atoms with Gasteiger partial charge in [0, 0.05) is 0 Å². The summed E-state index contributed by atoms with van der Waals surface area (Å²) in [7, 11) is 0. The summed E-state index contributed by atoms with van der Waals surface area (Å²) < 4.78 is 11.1. The van der Waals surface area contributed by atoms with Crippen LogP contribution in [0.5, 0.6) is 0 Å². The first-order valence-corrected chi connectivity index (χ1v) is 31.7. The molecule has 11 heteroatoms. The second-order valence-corrected chi connectivity index (χ2v) is 22.5. The number of hydrogen-bond acceptors (Lipinski definition) is 10. The van der Waals surface area contributed by atoms with Gasteiger partial charge in [0.2, 0.25) is 5.91 Å². The number of allylic oxidation sites excluding steroid dienone is 4. The van der Waals surface area contributed by atoms with E-state index in [2.05, 4.69) is 43.5 Å². The smallest absolute Gasteiger partial charge is 0.249 e. The van der Waals surface area contributed by atoms with Gasteiger partial charge in [0.15, 0.2) is 6.29 Å². The minimum absolute atomic E-state index is 0.257. The number of aliphatic hydroxyl groups excluding tert-OH is 7. The zero-order valence-electron chi connectivity index (χ0n) is 48.1. The number of hydrogen-bond donors (Lipinski definition) is 8. The van der Waals surface area contributed by atoms with E-state index in [-0.39, 0.29) is 12.8 Å². The zero-order valence-corrected chi connectivity index (χ0v) is 48.1. The Hall–Kier alpha value is -1.41. The number of nitrogens with one attached hydrogen (secondary N) is 1. The summed E-state index contributed by atoms with van der Waals surface area (Å²) in [6.45, 7) is 3.41. The number of rotatable bonds is 55. The van der Waals surface area contributed by atoms with Crippen LogP contribution in [0.15, 0.2) is 24.3 Å². The highest BCUT2D eigenvalue weighted by Crippen LogP contribution is 2.24. The Labute approximate surface area is 454 Å². The topological polar surface area (TPSA) is 189 Å². The van der Waals surface area contributed by atoms with Crippen molar-refractivity contribution >= 4 is 5.91 Å². The molecule has 0 aliphatic carbocycles. The van der Waals surface area contributed by atoms with Crippen LogP contribution in [0.4, 0.5) is 0 Å². The minimum Gasteiger partial charge on any atom is -0.394 e. The maximum absolute atomic E-state index is 13.1. The van der Waals surface area contributed by atoms with E-state index < -0.39 is 74.2 Å². The summed E-state index contributed by atoms with van der Waals surface area (Å²) in [6.07, 6.45) is 53.2. The first-order valence-electron chi connectivity index (χ1n) is 31.7. The molecule has 0 bridgehead atoms. The fourth-order valence-electron chi connectivity index (χ4n) is 10.3. The number of amides is 1. The van der Waals surface area contributed by atoms with Gasteiger partial charge >= 0.3 is 0 Å². The Morgan fingerprint density at radius 1 is 0.459 bits per heavy atom. The van der Waals surface area contributed by atoms with Gasteiger partial charge in [-0.05, 0) is 64.2 Å². The lowest BCUT2D eigenvalue weighted by Gasteiger charge is -2.40. The van der Waals surface area contributed by atoms with E-state index in [9.17, 15) is 40.5 Å². The lowest BCUT2D eigenvalue weighted by molar-refractivity contribution is -0.303. The number of unbranched alkanes of at least 4 members (excludes halogenated alkanes) is 39. The van der Waals surface area contributed by atoms with Crippen molar-refractivity contribution in [1.29, 1.82) is 0 Å². The van der Waals surface area contributed by atoms with Crippen LogP contribution in [0.2, 0.25) is 0 Å². The molecule has 0 radical (unpaired) electrons. The highest BCUT2D eigenvalue weighted by Gasteiger charge is 2.44.